The molecule has 0 bridgehead atoms. The highest BCUT2D eigenvalue weighted by Crippen LogP contribution is 2.13. The number of nitrogens with one attached hydrogen (secondary N) is 1. The van der Waals surface area contributed by atoms with E-state index in [1.54, 1.807) is 0 Å². The van der Waals surface area contributed by atoms with Crippen molar-refractivity contribution in [3.05, 3.63) is 52.2 Å². The van der Waals surface area contributed by atoms with Crippen molar-refractivity contribution >= 4 is 11.3 Å². The van der Waals surface area contributed by atoms with Crippen molar-refractivity contribution in [2.24, 2.45) is 0 Å². The van der Waals surface area contributed by atoms with Crippen LogP contribution in [0.4, 0.5) is 0 Å². The average Bonchev–Trinajstić information content (AvgIpc) is 2.96. The van der Waals surface area contributed by atoms with Crippen molar-refractivity contribution in [2.45, 2.75) is 19.8 Å². The minimum Gasteiger partial charge on any atom is -0.492 e. The number of hydrogen-bond donors (Lipinski definition) is 1. The molecule has 2 aromatic rings. The number of ether oxygens (including phenoxy) is 1. The smallest absolute Gasteiger partial charge is 0.119 e. The molecule has 0 unspecified atom stereocenters. The van der Waals surface area contributed by atoms with E-state index in [4.69, 9.17) is 4.74 Å². The maximum atomic E-state index is 5.73. The summed E-state index contributed by atoms with van der Waals surface area (Å²) in [5.74, 6) is 0.972. The van der Waals surface area contributed by atoms with Gasteiger partial charge in [-0.15, -0.1) is 11.3 Å². The standard InChI is InChI=1S/C16H21NOS/c1-2-14-5-3-6-15(13-14)18-11-10-17-9-8-16-7-4-12-19-16/h3-7,12-13,17H,2,8-11H2,1H3. The molecule has 1 N–H and O–H groups in total. The summed E-state index contributed by atoms with van der Waals surface area (Å²) in [5.41, 5.74) is 1.32. The number of hydrogen-bond acceptors (Lipinski definition) is 3. The summed E-state index contributed by atoms with van der Waals surface area (Å²) in [6.07, 6.45) is 2.15. The van der Waals surface area contributed by atoms with Crippen LogP contribution in [0.2, 0.25) is 0 Å². The van der Waals surface area contributed by atoms with Crippen LogP contribution in [0.1, 0.15) is 17.4 Å². The van der Waals surface area contributed by atoms with Crippen LogP contribution in [0.15, 0.2) is 41.8 Å². The molecule has 19 heavy (non-hydrogen) atoms. The van der Waals surface area contributed by atoms with Gasteiger partial charge in [0.1, 0.15) is 12.4 Å². The highest BCUT2D eigenvalue weighted by molar-refractivity contribution is 7.09. The molecule has 0 spiro atoms. The lowest BCUT2D eigenvalue weighted by atomic mass is 10.2. The molecular weight excluding hydrogens is 254 g/mol. The van der Waals surface area contributed by atoms with Gasteiger partial charge in [0.05, 0.1) is 0 Å². The molecule has 0 aliphatic carbocycles. The van der Waals surface area contributed by atoms with E-state index in [9.17, 15) is 0 Å². The predicted molar refractivity (Wildman–Crippen MR) is 82.2 cm³/mol. The molecule has 0 amide bonds. The average molecular weight is 275 g/mol. The summed E-state index contributed by atoms with van der Waals surface area (Å²) in [4.78, 5) is 1.43. The highest BCUT2D eigenvalue weighted by Gasteiger charge is 1.96. The Morgan fingerprint density at radius 2 is 2.11 bits per heavy atom. The molecule has 2 rings (SSSR count). The van der Waals surface area contributed by atoms with Crippen molar-refractivity contribution in [1.82, 2.24) is 5.32 Å². The molecule has 1 heterocycles. The lowest BCUT2D eigenvalue weighted by Crippen LogP contribution is -2.23. The Balaban J connectivity index is 1.58. The van der Waals surface area contributed by atoms with E-state index in [0.29, 0.717) is 0 Å². The molecule has 0 saturated heterocycles. The van der Waals surface area contributed by atoms with Gasteiger partial charge in [0, 0.05) is 18.0 Å². The third kappa shape index (κ3) is 5.05. The second-order valence-electron chi connectivity index (χ2n) is 4.43. The van der Waals surface area contributed by atoms with Gasteiger partial charge in [0.2, 0.25) is 0 Å². The lowest BCUT2D eigenvalue weighted by molar-refractivity contribution is 0.314. The van der Waals surface area contributed by atoms with E-state index < -0.39 is 0 Å². The van der Waals surface area contributed by atoms with Crippen molar-refractivity contribution in [2.75, 3.05) is 19.7 Å². The van der Waals surface area contributed by atoms with E-state index in [1.807, 2.05) is 17.4 Å². The summed E-state index contributed by atoms with van der Waals surface area (Å²) in [5, 5.41) is 5.53. The van der Waals surface area contributed by atoms with Gasteiger partial charge in [-0.05, 0) is 42.0 Å². The Kier molecular flexibility index (Phi) is 5.92. The minimum absolute atomic E-state index is 0.720. The molecule has 0 radical (unpaired) electrons. The lowest BCUT2D eigenvalue weighted by Gasteiger charge is -2.08. The molecule has 102 valence electrons. The van der Waals surface area contributed by atoms with Crippen molar-refractivity contribution in [3.8, 4) is 5.75 Å². The maximum absolute atomic E-state index is 5.73. The zero-order valence-corrected chi connectivity index (χ0v) is 12.2. The first-order chi connectivity index (χ1) is 9.38. The summed E-state index contributed by atoms with van der Waals surface area (Å²) in [6, 6.07) is 12.6. The molecule has 3 heteroatoms. The van der Waals surface area contributed by atoms with Crippen LogP contribution in [0, 0.1) is 0 Å². The summed E-state index contributed by atoms with van der Waals surface area (Å²) < 4.78 is 5.73. The first-order valence-corrected chi connectivity index (χ1v) is 7.71. The second-order valence-corrected chi connectivity index (χ2v) is 5.46. The van der Waals surface area contributed by atoms with Crippen molar-refractivity contribution in [1.29, 1.82) is 0 Å². The molecule has 0 saturated carbocycles. The van der Waals surface area contributed by atoms with Crippen LogP contribution in [0.25, 0.3) is 0 Å². The zero-order chi connectivity index (χ0) is 13.3. The van der Waals surface area contributed by atoms with E-state index >= 15 is 0 Å². The fourth-order valence-electron chi connectivity index (χ4n) is 1.89. The van der Waals surface area contributed by atoms with Crippen LogP contribution in [-0.4, -0.2) is 19.7 Å². The van der Waals surface area contributed by atoms with Gasteiger partial charge < -0.3 is 10.1 Å². The Morgan fingerprint density at radius 3 is 2.89 bits per heavy atom. The third-order valence-corrected chi connectivity index (χ3v) is 3.92. The molecule has 1 aromatic carbocycles. The quantitative estimate of drug-likeness (QED) is 0.744. The maximum Gasteiger partial charge on any atom is 0.119 e. The van der Waals surface area contributed by atoms with Crippen LogP contribution >= 0.6 is 11.3 Å². The first kappa shape index (κ1) is 14.1. The fraction of sp³-hybridized carbons (Fsp3) is 0.375. The summed E-state index contributed by atoms with van der Waals surface area (Å²) in [6.45, 7) is 4.78. The van der Waals surface area contributed by atoms with Crippen LogP contribution in [-0.2, 0) is 12.8 Å². The van der Waals surface area contributed by atoms with Crippen LogP contribution < -0.4 is 10.1 Å². The van der Waals surface area contributed by atoms with Gasteiger partial charge >= 0.3 is 0 Å². The van der Waals surface area contributed by atoms with E-state index in [2.05, 4.69) is 48.0 Å². The van der Waals surface area contributed by atoms with Gasteiger partial charge in [-0.2, -0.15) is 0 Å². The van der Waals surface area contributed by atoms with Crippen molar-refractivity contribution < 1.29 is 4.74 Å². The SMILES string of the molecule is CCc1cccc(OCCNCCc2cccs2)c1. The zero-order valence-electron chi connectivity index (χ0n) is 11.4. The molecule has 0 fully saturated rings. The monoisotopic (exact) mass is 275 g/mol. The number of benzene rings is 1. The van der Waals surface area contributed by atoms with E-state index in [1.165, 1.54) is 10.4 Å². The second kappa shape index (κ2) is 7.97. The Hall–Kier alpha value is -1.32. The van der Waals surface area contributed by atoms with E-state index in [-0.39, 0.29) is 0 Å². The van der Waals surface area contributed by atoms with Gasteiger partial charge in [0.15, 0.2) is 0 Å². The molecule has 2 nitrogen and oxygen atoms in total. The highest BCUT2D eigenvalue weighted by atomic mass is 32.1. The van der Waals surface area contributed by atoms with Gasteiger partial charge in [0.25, 0.3) is 0 Å². The van der Waals surface area contributed by atoms with Gasteiger partial charge in [-0.3, -0.25) is 0 Å². The topological polar surface area (TPSA) is 21.3 Å². The molecule has 1 aromatic heterocycles. The summed E-state index contributed by atoms with van der Waals surface area (Å²) >= 11 is 1.82. The third-order valence-electron chi connectivity index (χ3n) is 2.98. The van der Waals surface area contributed by atoms with Crippen LogP contribution in [0.5, 0.6) is 5.75 Å². The molecule has 0 aliphatic heterocycles. The van der Waals surface area contributed by atoms with Gasteiger partial charge in [-0.1, -0.05) is 25.1 Å². The largest absolute Gasteiger partial charge is 0.492 e. The predicted octanol–water partition coefficient (Wildman–Crippen LogP) is 3.52. The number of rotatable bonds is 8. The first-order valence-electron chi connectivity index (χ1n) is 6.83. The normalized spacial score (nSPS) is 10.6. The van der Waals surface area contributed by atoms with Gasteiger partial charge in [-0.25, -0.2) is 0 Å². The Bertz CT molecular complexity index is 467. The van der Waals surface area contributed by atoms with Crippen LogP contribution in [0.3, 0.4) is 0 Å². The number of aryl methyl sites for hydroxylation is 1. The number of thiophene rings is 1. The fourth-order valence-corrected chi connectivity index (χ4v) is 2.60. The molecular formula is C16H21NOS. The molecule has 0 aliphatic rings. The minimum atomic E-state index is 0.720. The Labute approximate surface area is 119 Å². The summed E-state index contributed by atoms with van der Waals surface area (Å²) in [7, 11) is 0. The van der Waals surface area contributed by atoms with E-state index in [0.717, 1.165) is 38.3 Å². The Morgan fingerprint density at radius 1 is 1.16 bits per heavy atom. The molecule has 0 atom stereocenters. The van der Waals surface area contributed by atoms with Crippen molar-refractivity contribution in [3.63, 3.8) is 0 Å².